The molecule has 2 saturated heterocycles. The van der Waals surface area contributed by atoms with Crippen molar-refractivity contribution < 1.29 is 14.3 Å². The van der Waals surface area contributed by atoms with E-state index >= 15 is 0 Å². The molecule has 2 atom stereocenters. The number of allylic oxidation sites excluding steroid dienone is 1. The number of nitrogens with one attached hydrogen (secondary N) is 3. The molecule has 0 spiro atoms. The number of ether oxygens (including phenoxy) is 1. The topological polar surface area (TPSA) is 110 Å². The zero-order chi connectivity index (χ0) is 40.2. The highest BCUT2D eigenvalue weighted by atomic mass is 16.5. The Labute approximate surface area is 335 Å². The zero-order valence-corrected chi connectivity index (χ0v) is 34.8. The molecule has 1 aromatic heterocycles. The van der Waals surface area contributed by atoms with Gasteiger partial charge in [-0.25, -0.2) is 0 Å². The van der Waals surface area contributed by atoms with Gasteiger partial charge in [-0.1, -0.05) is 50.6 Å². The van der Waals surface area contributed by atoms with Crippen molar-refractivity contribution in [2.45, 2.75) is 92.8 Å². The molecule has 3 heterocycles. The van der Waals surface area contributed by atoms with Gasteiger partial charge in [0.05, 0.1) is 0 Å². The van der Waals surface area contributed by atoms with Crippen LogP contribution in [0.5, 0.6) is 0 Å². The molecule has 0 radical (unpaired) electrons. The molecule has 0 bridgehead atoms. The second-order valence-electron chi connectivity index (χ2n) is 16.0. The highest BCUT2D eigenvalue weighted by Gasteiger charge is 2.26. The van der Waals surface area contributed by atoms with Crippen LogP contribution in [0.4, 0.5) is 5.69 Å². The number of amides is 2. The minimum Gasteiger partial charge on any atom is -0.381 e. The van der Waals surface area contributed by atoms with Crippen molar-refractivity contribution >= 4 is 17.5 Å². The molecule has 2 aliphatic rings. The van der Waals surface area contributed by atoms with Gasteiger partial charge in [0.2, 0.25) is 5.91 Å². The Hall–Kier alpha value is -4.25. The Kier molecular flexibility index (Phi) is 15.9. The summed E-state index contributed by atoms with van der Waals surface area (Å²) in [6.07, 6.45) is 6.47. The first kappa shape index (κ1) is 42.9. The van der Waals surface area contributed by atoms with Crippen LogP contribution in [0.1, 0.15) is 91.2 Å². The maximum Gasteiger partial charge on any atom is 0.253 e. The van der Waals surface area contributed by atoms with Crippen molar-refractivity contribution in [1.82, 2.24) is 25.4 Å². The molecule has 2 unspecified atom stereocenters. The molecule has 2 aromatic carbocycles. The number of aryl methyl sites for hydroxylation is 2. The molecule has 56 heavy (non-hydrogen) atoms. The Morgan fingerprint density at radius 2 is 1.68 bits per heavy atom. The number of piperazine rings is 1. The van der Waals surface area contributed by atoms with Crippen molar-refractivity contribution in [2.24, 2.45) is 11.8 Å². The molecule has 10 heteroatoms. The molecule has 3 N–H and O–H groups in total. The third-order valence-corrected chi connectivity index (χ3v) is 12.0. The quantitative estimate of drug-likeness (QED) is 0.123. The number of aromatic amines is 1. The van der Waals surface area contributed by atoms with E-state index in [-0.39, 0.29) is 23.9 Å². The average Bonchev–Trinajstić information content (AvgIpc) is 3.18. The lowest BCUT2D eigenvalue weighted by molar-refractivity contribution is -0.122. The van der Waals surface area contributed by atoms with Gasteiger partial charge < -0.3 is 25.3 Å². The van der Waals surface area contributed by atoms with Crippen LogP contribution in [0.15, 0.2) is 59.9 Å². The number of pyridine rings is 1. The number of carbonyl (C=O) groups excluding carboxylic acids is 2. The van der Waals surface area contributed by atoms with E-state index in [0.717, 1.165) is 118 Å². The fourth-order valence-corrected chi connectivity index (χ4v) is 8.52. The monoisotopic (exact) mass is 767 g/mol. The van der Waals surface area contributed by atoms with E-state index in [1.165, 1.54) is 5.56 Å². The van der Waals surface area contributed by atoms with E-state index in [4.69, 9.17) is 4.74 Å². The summed E-state index contributed by atoms with van der Waals surface area (Å²) in [5, 5.41) is 6.21. The molecule has 2 fully saturated rings. The normalized spacial score (nSPS) is 16.6. The summed E-state index contributed by atoms with van der Waals surface area (Å²) in [6.45, 7) is 25.1. The van der Waals surface area contributed by atoms with Gasteiger partial charge in [-0.15, -0.1) is 6.58 Å². The maximum atomic E-state index is 13.9. The zero-order valence-electron chi connectivity index (χ0n) is 34.8. The van der Waals surface area contributed by atoms with E-state index in [0.29, 0.717) is 42.0 Å². The van der Waals surface area contributed by atoms with Gasteiger partial charge in [0, 0.05) is 107 Å². The van der Waals surface area contributed by atoms with Gasteiger partial charge in [-0.2, -0.15) is 0 Å². The van der Waals surface area contributed by atoms with Gasteiger partial charge in [0.15, 0.2) is 0 Å². The van der Waals surface area contributed by atoms with E-state index in [1.54, 1.807) is 0 Å². The van der Waals surface area contributed by atoms with Crippen LogP contribution in [0, 0.1) is 32.6 Å². The average molecular weight is 767 g/mol. The predicted molar refractivity (Wildman–Crippen MR) is 228 cm³/mol. The lowest BCUT2D eigenvalue weighted by Crippen LogP contribution is -2.48. The number of hydrogen-bond donors (Lipinski definition) is 3. The Morgan fingerprint density at radius 1 is 0.982 bits per heavy atom. The molecular weight excluding hydrogens is 701 g/mol. The van der Waals surface area contributed by atoms with Gasteiger partial charge in [-0.3, -0.25) is 24.2 Å². The van der Waals surface area contributed by atoms with Crippen molar-refractivity contribution in [3.8, 4) is 11.1 Å². The van der Waals surface area contributed by atoms with E-state index in [2.05, 4.69) is 88.0 Å². The fourth-order valence-electron chi connectivity index (χ4n) is 8.52. The third kappa shape index (κ3) is 11.4. The van der Waals surface area contributed by atoms with Gasteiger partial charge in [0.25, 0.3) is 11.5 Å². The number of rotatable bonds is 18. The van der Waals surface area contributed by atoms with Crippen molar-refractivity contribution in [2.75, 3.05) is 63.9 Å². The van der Waals surface area contributed by atoms with E-state index < -0.39 is 0 Å². The van der Waals surface area contributed by atoms with Crippen LogP contribution < -0.4 is 21.1 Å². The lowest BCUT2D eigenvalue weighted by atomic mass is 9.86. The van der Waals surface area contributed by atoms with Gasteiger partial charge >= 0.3 is 0 Å². The molecule has 0 saturated carbocycles. The number of H-pyrrole nitrogens is 1. The summed E-state index contributed by atoms with van der Waals surface area (Å²) >= 11 is 0. The minimum atomic E-state index is -0.190. The second kappa shape index (κ2) is 20.8. The summed E-state index contributed by atoms with van der Waals surface area (Å²) in [5.41, 5.74) is 8.00. The first-order valence-corrected chi connectivity index (χ1v) is 20.9. The lowest BCUT2D eigenvalue weighted by Gasteiger charge is -2.37. The molecule has 5 rings (SSSR count). The van der Waals surface area contributed by atoms with Crippen LogP contribution in [-0.2, 0) is 22.6 Å². The Bertz CT molecular complexity index is 1820. The Balaban J connectivity index is 1.22. The second-order valence-corrected chi connectivity index (χ2v) is 16.0. The van der Waals surface area contributed by atoms with Crippen LogP contribution >= 0.6 is 0 Å². The molecule has 304 valence electrons. The number of nitrogens with zero attached hydrogens (tertiary/aromatic N) is 3. The van der Waals surface area contributed by atoms with Crippen molar-refractivity contribution in [3.63, 3.8) is 0 Å². The highest BCUT2D eigenvalue weighted by Crippen LogP contribution is 2.34. The van der Waals surface area contributed by atoms with Crippen molar-refractivity contribution in [3.05, 3.63) is 99.0 Å². The van der Waals surface area contributed by atoms with Crippen LogP contribution in [0.3, 0.4) is 0 Å². The smallest absolute Gasteiger partial charge is 0.253 e. The van der Waals surface area contributed by atoms with E-state index in [1.807, 2.05) is 39.0 Å². The first-order chi connectivity index (χ1) is 27.0. The molecule has 10 nitrogen and oxygen atoms in total. The number of anilines is 1. The summed E-state index contributed by atoms with van der Waals surface area (Å²) in [6, 6.07) is 15.3. The molecule has 3 aromatic rings. The summed E-state index contributed by atoms with van der Waals surface area (Å²) in [5.74, 6) is 0.828. The summed E-state index contributed by atoms with van der Waals surface area (Å²) in [4.78, 5) is 49.5. The molecule has 2 aliphatic heterocycles. The fraction of sp³-hybridized carbons (Fsp3) is 0.543. The highest BCUT2D eigenvalue weighted by molar-refractivity contribution is 5.99. The summed E-state index contributed by atoms with van der Waals surface area (Å²) < 4.78 is 5.69. The molecular formula is C46H66N6O4. The van der Waals surface area contributed by atoms with Gasteiger partial charge in [-0.05, 0) is 105 Å². The summed E-state index contributed by atoms with van der Waals surface area (Å²) in [7, 11) is 0. The maximum absolute atomic E-state index is 13.9. The van der Waals surface area contributed by atoms with Crippen LogP contribution in [-0.4, -0.2) is 91.7 Å². The first-order valence-electron chi connectivity index (χ1n) is 20.9. The number of carbonyl (C=O) groups is 2. The van der Waals surface area contributed by atoms with Crippen molar-refractivity contribution in [1.29, 1.82) is 0 Å². The number of benzene rings is 2. The van der Waals surface area contributed by atoms with Crippen LogP contribution in [0.25, 0.3) is 11.1 Å². The van der Waals surface area contributed by atoms with E-state index in [9.17, 15) is 14.4 Å². The van der Waals surface area contributed by atoms with Crippen LogP contribution in [0.2, 0.25) is 0 Å². The minimum absolute atomic E-state index is 0.149. The van der Waals surface area contributed by atoms with Gasteiger partial charge in [0.1, 0.15) is 0 Å². The number of aromatic nitrogens is 1. The predicted octanol–water partition coefficient (Wildman–Crippen LogP) is 6.76. The molecule has 2 amide bonds. The molecule has 0 aliphatic carbocycles. The number of hydrogen-bond acceptors (Lipinski definition) is 7. The third-order valence-electron chi connectivity index (χ3n) is 12.0. The standard InChI is InChI=1S/C46H66N6O4/c1-8-11-37(9-2)32(4)27-44(53)47-18-19-50-20-22-51(23-21-50)31-36-12-14-38(15-13-36)39-28-41(45(54)48-30-42-33(5)26-34(6)49-46(42)55)35(7)43(29-39)52(10-3)40-16-24-56-25-17-40/h8,12-15,26,28-29,32,37,40H,1,9-11,16-25,27,30-31H2,2-7H3,(H,47,53)(H,48,54)(H,49,55). The SMILES string of the molecule is C=CCC(CC)C(C)CC(=O)NCCN1CCN(Cc2ccc(-c3cc(C(=O)NCc4c(C)cc(C)[nH]c4=O)c(C)c(N(CC)C4CCOCC4)c3)cc2)CC1. The Morgan fingerprint density at radius 3 is 2.32 bits per heavy atom. The largest absolute Gasteiger partial charge is 0.381 e.